The van der Waals surface area contributed by atoms with Crippen LogP contribution in [0.2, 0.25) is 5.02 Å². The molecule has 27 heavy (non-hydrogen) atoms. The van der Waals surface area contributed by atoms with Crippen molar-refractivity contribution in [3.8, 4) is 11.4 Å². The fraction of sp³-hybridized carbons (Fsp3) is 0.125. The Morgan fingerprint density at radius 2 is 2.07 bits per heavy atom. The van der Waals surface area contributed by atoms with Gasteiger partial charge < -0.3 is 10.6 Å². The minimum atomic E-state index is -4.62. The molecule has 7 nitrogen and oxygen atoms in total. The number of H-pyrrole nitrogens is 1. The monoisotopic (exact) mass is 396 g/mol. The van der Waals surface area contributed by atoms with Crippen LogP contribution >= 0.6 is 11.6 Å². The molecule has 0 aliphatic heterocycles. The molecule has 0 radical (unpaired) electrons. The Kier molecular flexibility index (Phi) is 5.26. The summed E-state index contributed by atoms with van der Waals surface area (Å²) >= 11 is 5.54. The van der Waals surface area contributed by atoms with Gasteiger partial charge in [-0.25, -0.2) is 9.78 Å². The summed E-state index contributed by atoms with van der Waals surface area (Å²) in [4.78, 5) is 20.1. The number of hydrogen-bond acceptors (Lipinski definition) is 4. The van der Waals surface area contributed by atoms with Crippen LogP contribution in [-0.4, -0.2) is 26.2 Å². The van der Waals surface area contributed by atoms with E-state index >= 15 is 0 Å². The molecule has 2 amide bonds. The van der Waals surface area contributed by atoms with Crippen molar-refractivity contribution in [3.05, 3.63) is 59.1 Å². The fourth-order valence-electron chi connectivity index (χ4n) is 2.16. The number of aromatic amines is 1. The molecule has 0 atom stereocenters. The number of rotatable bonds is 4. The van der Waals surface area contributed by atoms with Crippen LogP contribution in [0.4, 0.5) is 23.7 Å². The number of carbonyl (C=O) groups excluding carboxylic acids is 1. The van der Waals surface area contributed by atoms with Crippen molar-refractivity contribution in [2.75, 3.05) is 5.32 Å². The van der Waals surface area contributed by atoms with Crippen molar-refractivity contribution in [2.24, 2.45) is 0 Å². The van der Waals surface area contributed by atoms with Crippen molar-refractivity contribution in [1.82, 2.24) is 25.5 Å². The molecule has 0 unspecified atom stereocenters. The Balaban J connectivity index is 1.60. The first-order valence-electron chi connectivity index (χ1n) is 7.56. The first-order chi connectivity index (χ1) is 12.8. The van der Waals surface area contributed by atoms with E-state index in [-0.39, 0.29) is 12.2 Å². The summed E-state index contributed by atoms with van der Waals surface area (Å²) in [6.07, 6.45) is -1.41. The largest absolute Gasteiger partial charge is 0.417 e. The molecule has 0 aliphatic rings. The molecule has 0 spiro atoms. The van der Waals surface area contributed by atoms with Crippen molar-refractivity contribution >= 4 is 23.3 Å². The normalized spacial score (nSPS) is 11.3. The highest BCUT2D eigenvalue weighted by Crippen LogP contribution is 2.36. The molecule has 2 aromatic heterocycles. The predicted octanol–water partition coefficient (Wildman–Crippen LogP) is 3.86. The van der Waals surface area contributed by atoms with E-state index < -0.39 is 22.8 Å². The SMILES string of the molecule is O=C(NCc1nc(-c2cccnc2)n[nH]1)Nc1ccc(Cl)c(C(F)(F)F)c1. The van der Waals surface area contributed by atoms with Gasteiger partial charge >= 0.3 is 12.2 Å². The zero-order chi connectivity index (χ0) is 19.4. The van der Waals surface area contributed by atoms with Gasteiger partial charge in [0.25, 0.3) is 0 Å². The maximum absolute atomic E-state index is 12.8. The Labute approximate surface area is 156 Å². The number of urea groups is 1. The van der Waals surface area contributed by atoms with Gasteiger partial charge in [-0.1, -0.05) is 11.6 Å². The van der Waals surface area contributed by atoms with Crippen LogP contribution in [0.25, 0.3) is 11.4 Å². The molecule has 0 aliphatic carbocycles. The summed E-state index contributed by atoms with van der Waals surface area (Å²) < 4.78 is 38.5. The van der Waals surface area contributed by atoms with Crippen molar-refractivity contribution in [2.45, 2.75) is 12.7 Å². The molecular weight excluding hydrogens is 385 g/mol. The molecule has 3 aromatic rings. The summed E-state index contributed by atoms with van der Waals surface area (Å²) in [5.74, 6) is 0.781. The van der Waals surface area contributed by atoms with E-state index in [9.17, 15) is 18.0 Å². The number of benzene rings is 1. The van der Waals surface area contributed by atoms with Crippen LogP contribution in [0.5, 0.6) is 0 Å². The van der Waals surface area contributed by atoms with E-state index in [2.05, 4.69) is 30.8 Å². The van der Waals surface area contributed by atoms with Crippen LogP contribution in [0.1, 0.15) is 11.4 Å². The highest BCUT2D eigenvalue weighted by Gasteiger charge is 2.33. The molecule has 3 N–H and O–H groups in total. The van der Waals surface area contributed by atoms with Gasteiger partial charge in [0, 0.05) is 23.6 Å². The van der Waals surface area contributed by atoms with Gasteiger partial charge in [-0.3, -0.25) is 10.1 Å². The smallest absolute Gasteiger partial charge is 0.331 e. The summed E-state index contributed by atoms with van der Waals surface area (Å²) in [5, 5.41) is 11.0. The lowest BCUT2D eigenvalue weighted by atomic mass is 10.2. The molecule has 140 valence electrons. The second kappa shape index (κ2) is 7.62. The van der Waals surface area contributed by atoms with Gasteiger partial charge in [0.15, 0.2) is 5.82 Å². The topological polar surface area (TPSA) is 95.6 Å². The average molecular weight is 397 g/mol. The van der Waals surface area contributed by atoms with Crippen LogP contribution in [0.15, 0.2) is 42.7 Å². The van der Waals surface area contributed by atoms with Crippen molar-refractivity contribution in [1.29, 1.82) is 0 Å². The summed E-state index contributed by atoms with van der Waals surface area (Å²) in [5.41, 5.74) is -0.374. The van der Waals surface area contributed by atoms with Crippen molar-refractivity contribution < 1.29 is 18.0 Å². The van der Waals surface area contributed by atoms with E-state index in [1.165, 1.54) is 6.07 Å². The lowest BCUT2D eigenvalue weighted by Gasteiger charge is -2.12. The number of nitrogens with one attached hydrogen (secondary N) is 3. The van der Waals surface area contributed by atoms with E-state index in [4.69, 9.17) is 11.6 Å². The molecule has 3 rings (SSSR count). The number of nitrogens with zero attached hydrogens (tertiary/aromatic N) is 3. The average Bonchev–Trinajstić information content (AvgIpc) is 3.10. The molecule has 2 heterocycles. The van der Waals surface area contributed by atoms with Crippen molar-refractivity contribution in [3.63, 3.8) is 0 Å². The number of halogens is 4. The van der Waals surface area contributed by atoms with E-state index in [0.29, 0.717) is 17.2 Å². The third-order valence-electron chi connectivity index (χ3n) is 3.40. The second-order valence-corrected chi connectivity index (χ2v) is 5.75. The highest BCUT2D eigenvalue weighted by molar-refractivity contribution is 6.31. The van der Waals surface area contributed by atoms with Gasteiger partial charge in [-0.15, -0.1) is 0 Å². The molecule has 0 fully saturated rings. The van der Waals surface area contributed by atoms with Crippen LogP contribution in [-0.2, 0) is 12.7 Å². The first kappa shape index (κ1) is 18.6. The lowest BCUT2D eigenvalue weighted by Crippen LogP contribution is -2.28. The number of anilines is 1. The van der Waals surface area contributed by atoms with Crippen LogP contribution in [0.3, 0.4) is 0 Å². The molecular formula is C16H12ClF3N6O. The Morgan fingerprint density at radius 3 is 2.78 bits per heavy atom. The summed E-state index contributed by atoms with van der Waals surface area (Å²) in [6.45, 7) is -0.00118. The molecule has 1 aromatic carbocycles. The standard InChI is InChI=1S/C16H12ClF3N6O/c17-12-4-3-10(6-11(12)16(18,19)20)23-15(27)22-8-13-24-14(26-25-13)9-2-1-5-21-7-9/h1-7H,8H2,(H2,22,23,27)(H,24,25,26). The molecule has 0 saturated carbocycles. The highest BCUT2D eigenvalue weighted by atomic mass is 35.5. The molecule has 0 bridgehead atoms. The maximum atomic E-state index is 12.8. The zero-order valence-corrected chi connectivity index (χ0v) is 14.3. The lowest BCUT2D eigenvalue weighted by molar-refractivity contribution is -0.137. The fourth-order valence-corrected chi connectivity index (χ4v) is 2.38. The minimum absolute atomic E-state index is 0.00118. The number of hydrogen-bond donors (Lipinski definition) is 3. The Morgan fingerprint density at radius 1 is 1.26 bits per heavy atom. The van der Waals surface area contributed by atoms with E-state index in [1.807, 2.05) is 0 Å². The molecule has 0 saturated heterocycles. The number of alkyl halides is 3. The van der Waals surface area contributed by atoms with E-state index in [0.717, 1.165) is 12.1 Å². The van der Waals surface area contributed by atoms with Gasteiger partial charge in [0.1, 0.15) is 5.82 Å². The zero-order valence-electron chi connectivity index (χ0n) is 13.5. The Bertz CT molecular complexity index is 945. The van der Waals surface area contributed by atoms with Crippen LogP contribution in [0, 0.1) is 0 Å². The molecule has 11 heteroatoms. The third-order valence-corrected chi connectivity index (χ3v) is 3.73. The quantitative estimate of drug-likeness (QED) is 0.624. The minimum Gasteiger partial charge on any atom is -0.331 e. The summed E-state index contributed by atoms with van der Waals surface area (Å²) in [6, 6.07) is 5.90. The van der Waals surface area contributed by atoms with Gasteiger partial charge in [0.05, 0.1) is 17.1 Å². The number of amides is 2. The summed E-state index contributed by atoms with van der Waals surface area (Å²) in [7, 11) is 0. The Hall–Kier alpha value is -3.14. The predicted molar refractivity (Wildman–Crippen MR) is 91.9 cm³/mol. The number of aromatic nitrogens is 4. The second-order valence-electron chi connectivity index (χ2n) is 5.35. The number of carbonyl (C=O) groups is 1. The number of pyridine rings is 1. The van der Waals surface area contributed by atoms with E-state index in [1.54, 1.807) is 24.5 Å². The van der Waals surface area contributed by atoms with Gasteiger partial charge in [-0.05, 0) is 30.3 Å². The first-order valence-corrected chi connectivity index (χ1v) is 7.94. The van der Waals surface area contributed by atoms with Gasteiger partial charge in [0.2, 0.25) is 0 Å². The van der Waals surface area contributed by atoms with Crippen LogP contribution < -0.4 is 10.6 Å². The third kappa shape index (κ3) is 4.73. The van der Waals surface area contributed by atoms with Gasteiger partial charge in [-0.2, -0.15) is 18.3 Å². The maximum Gasteiger partial charge on any atom is 0.417 e.